The Morgan fingerprint density at radius 1 is 1.19 bits per heavy atom. The lowest BCUT2D eigenvalue weighted by Crippen LogP contribution is -2.59. The highest BCUT2D eigenvalue weighted by molar-refractivity contribution is 4.89. The van der Waals surface area contributed by atoms with Gasteiger partial charge in [0.15, 0.2) is 6.29 Å². The van der Waals surface area contributed by atoms with Crippen LogP contribution >= 0.6 is 0 Å². The Labute approximate surface area is 94.4 Å². The summed E-state index contributed by atoms with van der Waals surface area (Å²) in [6.07, 6.45) is -5.36. The topological polar surface area (TPSA) is 99.4 Å². The predicted molar refractivity (Wildman–Crippen MR) is 54.6 cm³/mol. The predicted octanol–water partition coefficient (Wildman–Crippen LogP) is -1.40. The number of aliphatic hydroxyl groups is 4. The summed E-state index contributed by atoms with van der Waals surface area (Å²) in [4.78, 5) is 0. The van der Waals surface area contributed by atoms with Crippen molar-refractivity contribution in [3.63, 3.8) is 0 Å². The van der Waals surface area contributed by atoms with Gasteiger partial charge in [0.25, 0.3) is 0 Å². The smallest absolute Gasteiger partial charge is 0.186 e. The summed E-state index contributed by atoms with van der Waals surface area (Å²) in [5.41, 5.74) is 0. The molecule has 0 spiro atoms. The average molecular weight is 236 g/mol. The zero-order valence-corrected chi connectivity index (χ0v) is 9.48. The van der Waals surface area contributed by atoms with Crippen molar-refractivity contribution in [3.05, 3.63) is 0 Å². The van der Waals surface area contributed by atoms with Gasteiger partial charge in [-0.05, 0) is 13.3 Å². The van der Waals surface area contributed by atoms with Gasteiger partial charge in [0.2, 0.25) is 0 Å². The summed E-state index contributed by atoms with van der Waals surface area (Å²) in [6.45, 7) is 3.28. The first kappa shape index (κ1) is 13.8. The van der Waals surface area contributed by atoms with Crippen molar-refractivity contribution in [3.8, 4) is 0 Å². The van der Waals surface area contributed by atoms with Gasteiger partial charge in [0.1, 0.15) is 24.4 Å². The van der Waals surface area contributed by atoms with E-state index in [0.29, 0.717) is 0 Å². The Hall–Kier alpha value is -0.240. The second kappa shape index (κ2) is 5.90. The van der Waals surface area contributed by atoms with Crippen LogP contribution in [0.2, 0.25) is 0 Å². The fourth-order valence-electron chi connectivity index (χ4n) is 1.50. The largest absolute Gasteiger partial charge is 0.394 e. The summed E-state index contributed by atoms with van der Waals surface area (Å²) in [7, 11) is 0. The van der Waals surface area contributed by atoms with Crippen molar-refractivity contribution in [2.45, 2.75) is 57.1 Å². The van der Waals surface area contributed by atoms with Crippen molar-refractivity contribution in [1.29, 1.82) is 0 Å². The van der Waals surface area contributed by atoms with Crippen molar-refractivity contribution < 1.29 is 29.9 Å². The van der Waals surface area contributed by atoms with Crippen LogP contribution in [0.15, 0.2) is 0 Å². The molecule has 1 heterocycles. The van der Waals surface area contributed by atoms with Gasteiger partial charge in [-0.25, -0.2) is 0 Å². The molecule has 0 aliphatic carbocycles. The second-order valence-corrected chi connectivity index (χ2v) is 4.05. The third-order valence-corrected chi connectivity index (χ3v) is 2.79. The lowest BCUT2D eigenvalue weighted by atomic mass is 9.99. The highest BCUT2D eigenvalue weighted by atomic mass is 16.7. The molecule has 4 N–H and O–H groups in total. The van der Waals surface area contributed by atoms with E-state index in [1.165, 1.54) is 0 Å². The molecule has 1 unspecified atom stereocenters. The molecule has 0 aromatic rings. The van der Waals surface area contributed by atoms with Gasteiger partial charge in [-0.2, -0.15) is 0 Å². The zero-order valence-electron chi connectivity index (χ0n) is 9.48. The van der Waals surface area contributed by atoms with Crippen LogP contribution in [-0.4, -0.2) is 63.8 Å². The summed E-state index contributed by atoms with van der Waals surface area (Å²) >= 11 is 0. The van der Waals surface area contributed by atoms with Gasteiger partial charge in [0.05, 0.1) is 12.7 Å². The molecule has 1 aliphatic heterocycles. The van der Waals surface area contributed by atoms with E-state index in [0.717, 1.165) is 6.42 Å². The Morgan fingerprint density at radius 2 is 1.81 bits per heavy atom. The minimum absolute atomic E-state index is 0.138. The second-order valence-electron chi connectivity index (χ2n) is 4.05. The fraction of sp³-hybridized carbons (Fsp3) is 1.00. The molecular weight excluding hydrogens is 216 g/mol. The van der Waals surface area contributed by atoms with E-state index in [4.69, 9.17) is 14.6 Å². The average Bonchev–Trinajstić information content (AvgIpc) is 2.29. The van der Waals surface area contributed by atoms with E-state index >= 15 is 0 Å². The summed E-state index contributed by atoms with van der Waals surface area (Å²) in [6, 6.07) is 0. The van der Waals surface area contributed by atoms with Gasteiger partial charge in [-0.1, -0.05) is 6.92 Å². The molecule has 0 aromatic carbocycles. The molecule has 0 aromatic heterocycles. The van der Waals surface area contributed by atoms with Crippen molar-refractivity contribution >= 4 is 0 Å². The number of hydrogen-bond donors (Lipinski definition) is 4. The molecule has 1 fully saturated rings. The van der Waals surface area contributed by atoms with E-state index < -0.39 is 37.3 Å². The number of rotatable bonds is 4. The van der Waals surface area contributed by atoms with Crippen molar-refractivity contribution in [2.24, 2.45) is 0 Å². The highest BCUT2D eigenvalue weighted by Crippen LogP contribution is 2.23. The van der Waals surface area contributed by atoms with Crippen molar-refractivity contribution in [1.82, 2.24) is 0 Å². The number of ether oxygens (including phenoxy) is 2. The van der Waals surface area contributed by atoms with Gasteiger partial charge in [-0.3, -0.25) is 0 Å². The molecule has 1 saturated heterocycles. The minimum atomic E-state index is -1.38. The van der Waals surface area contributed by atoms with Crippen LogP contribution in [-0.2, 0) is 9.47 Å². The van der Waals surface area contributed by atoms with E-state index in [-0.39, 0.29) is 6.10 Å². The summed E-state index contributed by atoms with van der Waals surface area (Å²) in [5, 5.41) is 37.6. The Morgan fingerprint density at radius 3 is 2.31 bits per heavy atom. The van der Waals surface area contributed by atoms with Gasteiger partial charge >= 0.3 is 0 Å². The standard InChI is InChI=1S/C10H20O6/c1-3-5(2)15-10-9(14)8(13)7(12)6(4-11)16-10/h5-14H,3-4H2,1-2H3/t5?,6-,7+,8+,9-,10-/m1/s1. The van der Waals surface area contributed by atoms with Gasteiger partial charge in [-0.15, -0.1) is 0 Å². The van der Waals surface area contributed by atoms with Crippen LogP contribution in [0.25, 0.3) is 0 Å². The molecule has 0 saturated carbocycles. The Balaban J connectivity index is 2.63. The molecule has 16 heavy (non-hydrogen) atoms. The minimum Gasteiger partial charge on any atom is -0.394 e. The molecule has 0 amide bonds. The van der Waals surface area contributed by atoms with Gasteiger partial charge in [0, 0.05) is 0 Å². The first-order valence-corrected chi connectivity index (χ1v) is 5.47. The van der Waals surface area contributed by atoms with E-state index in [1.807, 2.05) is 6.92 Å². The maximum Gasteiger partial charge on any atom is 0.186 e. The van der Waals surface area contributed by atoms with E-state index in [1.54, 1.807) is 6.92 Å². The number of aliphatic hydroxyl groups excluding tert-OH is 4. The maximum absolute atomic E-state index is 9.62. The molecule has 0 radical (unpaired) electrons. The van der Waals surface area contributed by atoms with Crippen LogP contribution in [0.4, 0.5) is 0 Å². The normalized spacial score (nSPS) is 42.0. The summed E-state index contributed by atoms with van der Waals surface area (Å²) in [5.74, 6) is 0. The lowest BCUT2D eigenvalue weighted by molar-refractivity contribution is -0.310. The molecule has 0 bridgehead atoms. The molecule has 6 nitrogen and oxygen atoms in total. The van der Waals surface area contributed by atoms with Crippen molar-refractivity contribution in [2.75, 3.05) is 6.61 Å². The van der Waals surface area contributed by atoms with Crippen LogP contribution in [0, 0.1) is 0 Å². The number of hydrogen-bond acceptors (Lipinski definition) is 6. The third kappa shape index (κ3) is 2.91. The summed E-state index contributed by atoms with van der Waals surface area (Å²) < 4.78 is 10.5. The SMILES string of the molecule is CCC(C)O[C@@H]1O[C@H](CO)[C@H](O)[C@H](O)[C@H]1O. The maximum atomic E-state index is 9.62. The lowest BCUT2D eigenvalue weighted by Gasteiger charge is -2.40. The molecule has 6 heteroatoms. The van der Waals surface area contributed by atoms with E-state index in [2.05, 4.69) is 0 Å². The van der Waals surface area contributed by atoms with Gasteiger partial charge < -0.3 is 29.9 Å². The molecule has 1 aliphatic rings. The first-order valence-electron chi connectivity index (χ1n) is 5.47. The van der Waals surface area contributed by atoms with E-state index in [9.17, 15) is 15.3 Å². The first-order chi connectivity index (χ1) is 7.51. The zero-order chi connectivity index (χ0) is 12.3. The molecule has 1 rings (SSSR count). The van der Waals surface area contributed by atoms with Crippen LogP contribution in [0.1, 0.15) is 20.3 Å². The Kier molecular flexibility index (Phi) is 5.10. The monoisotopic (exact) mass is 236 g/mol. The quantitative estimate of drug-likeness (QED) is 0.479. The highest BCUT2D eigenvalue weighted by Gasteiger charge is 2.44. The third-order valence-electron chi connectivity index (χ3n) is 2.79. The molecular formula is C10H20O6. The van der Waals surface area contributed by atoms with Crippen LogP contribution < -0.4 is 0 Å². The molecule has 96 valence electrons. The fourth-order valence-corrected chi connectivity index (χ4v) is 1.50. The van der Waals surface area contributed by atoms with Crippen LogP contribution in [0.5, 0.6) is 0 Å². The Bertz CT molecular complexity index is 209. The molecule has 6 atom stereocenters. The van der Waals surface area contributed by atoms with Crippen LogP contribution in [0.3, 0.4) is 0 Å².